The van der Waals surface area contributed by atoms with Gasteiger partial charge in [0.05, 0.1) is 6.54 Å². The molecule has 1 unspecified atom stereocenters. The predicted octanol–water partition coefficient (Wildman–Crippen LogP) is -0.767. The molecule has 1 aliphatic rings. The molecule has 1 fully saturated rings. The van der Waals surface area contributed by atoms with Gasteiger partial charge in [0.15, 0.2) is 11.7 Å². The molecule has 11 heavy (non-hydrogen) atoms. The summed E-state index contributed by atoms with van der Waals surface area (Å²) in [6, 6.07) is 0. The number of likely N-dealkylation sites (N-methyl/N-ethyl adjacent to an activating group) is 1. The fourth-order valence-electron chi connectivity index (χ4n) is 1.16. The molecule has 1 aliphatic heterocycles. The van der Waals surface area contributed by atoms with Crippen LogP contribution in [-0.2, 0) is 14.4 Å². The van der Waals surface area contributed by atoms with E-state index in [9.17, 15) is 14.4 Å². The van der Waals surface area contributed by atoms with E-state index in [0.29, 0.717) is 0 Å². The maximum absolute atomic E-state index is 11.0. The number of Topliss-reactive ketones (excluding diaryl/α,β-unsaturated/α-hetero) is 2. The fourth-order valence-corrected chi connectivity index (χ4v) is 1.16. The zero-order valence-corrected chi connectivity index (χ0v) is 6.46. The van der Waals surface area contributed by atoms with E-state index in [-0.39, 0.29) is 24.0 Å². The Hall–Kier alpha value is -1.19. The molecule has 1 saturated heterocycles. The zero-order chi connectivity index (χ0) is 8.59. The van der Waals surface area contributed by atoms with Crippen LogP contribution in [0.2, 0.25) is 0 Å². The van der Waals surface area contributed by atoms with Crippen molar-refractivity contribution in [2.75, 3.05) is 13.6 Å². The molecule has 0 aromatic carbocycles. The lowest BCUT2D eigenvalue weighted by molar-refractivity contribution is -0.137. The third kappa shape index (κ3) is 1.15. The lowest BCUT2D eigenvalue weighted by Crippen LogP contribution is -2.27. The smallest absolute Gasteiger partial charge is 0.240 e. The van der Waals surface area contributed by atoms with Gasteiger partial charge in [-0.3, -0.25) is 14.4 Å². The summed E-state index contributed by atoms with van der Waals surface area (Å²) in [5.41, 5.74) is 0. The van der Waals surface area contributed by atoms with E-state index in [0.717, 1.165) is 0 Å². The molecule has 0 radical (unpaired) electrons. The van der Waals surface area contributed by atoms with Crippen molar-refractivity contribution < 1.29 is 14.4 Å². The summed E-state index contributed by atoms with van der Waals surface area (Å²) in [7, 11) is 1.52. The average Bonchev–Trinajstić information content (AvgIpc) is 2.07. The molecule has 1 amide bonds. The summed E-state index contributed by atoms with van der Waals surface area (Å²) >= 11 is 0. The Morgan fingerprint density at radius 2 is 2.09 bits per heavy atom. The van der Waals surface area contributed by atoms with Gasteiger partial charge in [-0.05, 0) is 6.92 Å². The highest BCUT2D eigenvalue weighted by molar-refractivity contribution is 6.22. The second-order valence-corrected chi connectivity index (χ2v) is 2.70. The second kappa shape index (κ2) is 2.45. The van der Waals surface area contributed by atoms with Crippen LogP contribution in [0.15, 0.2) is 0 Å². The molecule has 0 bridgehead atoms. The molecule has 1 heterocycles. The van der Waals surface area contributed by atoms with Crippen LogP contribution in [0.3, 0.4) is 0 Å². The molecular formula is C7H9NO3. The van der Waals surface area contributed by atoms with Crippen LogP contribution in [0.5, 0.6) is 0 Å². The Morgan fingerprint density at radius 1 is 1.55 bits per heavy atom. The molecule has 0 spiro atoms. The van der Waals surface area contributed by atoms with Crippen LogP contribution in [0.25, 0.3) is 0 Å². The normalized spacial score (nSPS) is 24.5. The molecule has 1 rings (SSSR count). The van der Waals surface area contributed by atoms with E-state index >= 15 is 0 Å². The van der Waals surface area contributed by atoms with Crippen molar-refractivity contribution in [2.45, 2.75) is 6.92 Å². The summed E-state index contributed by atoms with van der Waals surface area (Å²) < 4.78 is 0. The van der Waals surface area contributed by atoms with E-state index < -0.39 is 5.92 Å². The molecule has 4 heteroatoms. The van der Waals surface area contributed by atoms with Gasteiger partial charge in [0, 0.05) is 7.05 Å². The van der Waals surface area contributed by atoms with E-state index in [1.807, 2.05) is 0 Å². The van der Waals surface area contributed by atoms with Crippen LogP contribution in [0, 0.1) is 5.92 Å². The standard InChI is InChI=1S/C7H9NO3/c1-4(9)6-5(10)3-8(2)7(6)11/h6H,3H2,1-2H3. The minimum Gasteiger partial charge on any atom is -0.337 e. The number of amides is 1. The highest BCUT2D eigenvalue weighted by atomic mass is 16.2. The van der Waals surface area contributed by atoms with Crippen molar-refractivity contribution in [3.05, 3.63) is 0 Å². The molecule has 1 atom stereocenters. The van der Waals surface area contributed by atoms with Crippen molar-refractivity contribution >= 4 is 17.5 Å². The first kappa shape index (κ1) is 7.91. The van der Waals surface area contributed by atoms with Gasteiger partial charge in [0.25, 0.3) is 0 Å². The third-order valence-corrected chi connectivity index (χ3v) is 1.74. The summed E-state index contributed by atoms with van der Waals surface area (Å²) in [5, 5.41) is 0. The van der Waals surface area contributed by atoms with Gasteiger partial charge in [-0.25, -0.2) is 0 Å². The van der Waals surface area contributed by atoms with E-state index in [4.69, 9.17) is 0 Å². The van der Waals surface area contributed by atoms with Crippen molar-refractivity contribution in [1.82, 2.24) is 4.90 Å². The molecule has 0 aliphatic carbocycles. The number of carbonyl (C=O) groups is 3. The Balaban J connectivity index is 2.88. The van der Waals surface area contributed by atoms with Crippen molar-refractivity contribution in [1.29, 1.82) is 0 Å². The number of likely N-dealkylation sites (tertiary alicyclic amines) is 1. The summed E-state index contributed by atoms with van der Waals surface area (Å²) in [4.78, 5) is 34.0. The molecule has 0 N–H and O–H groups in total. The molecule has 0 saturated carbocycles. The molecule has 60 valence electrons. The number of hydrogen-bond acceptors (Lipinski definition) is 3. The summed E-state index contributed by atoms with van der Waals surface area (Å²) in [5.74, 6) is -2.03. The number of rotatable bonds is 1. The van der Waals surface area contributed by atoms with Gasteiger partial charge in [0.2, 0.25) is 5.91 Å². The van der Waals surface area contributed by atoms with Gasteiger partial charge < -0.3 is 4.90 Å². The van der Waals surface area contributed by atoms with Crippen LogP contribution >= 0.6 is 0 Å². The molecule has 0 aromatic rings. The van der Waals surface area contributed by atoms with E-state index in [2.05, 4.69) is 0 Å². The number of hydrogen-bond donors (Lipinski definition) is 0. The lowest BCUT2D eigenvalue weighted by Gasteiger charge is -2.04. The Morgan fingerprint density at radius 3 is 2.27 bits per heavy atom. The van der Waals surface area contributed by atoms with E-state index in [1.54, 1.807) is 0 Å². The maximum atomic E-state index is 11.0. The maximum Gasteiger partial charge on any atom is 0.240 e. The first-order valence-corrected chi connectivity index (χ1v) is 3.32. The van der Waals surface area contributed by atoms with Crippen LogP contribution < -0.4 is 0 Å². The SMILES string of the molecule is CC(=O)C1C(=O)CN(C)C1=O. The van der Waals surface area contributed by atoms with Gasteiger partial charge in [-0.1, -0.05) is 0 Å². The monoisotopic (exact) mass is 155 g/mol. The minimum absolute atomic E-state index is 0.0725. The predicted molar refractivity (Wildman–Crippen MR) is 36.8 cm³/mol. The Kier molecular flexibility index (Phi) is 1.76. The summed E-state index contributed by atoms with van der Waals surface area (Å²) in [6.07, 6.45) is 0. The van der Waals surface area contributed by atoms with Crippen LogP contribution in [0.4, 0.5) is 0 Å². The first-order chi connectivity index (χ1) is 5.04. The highest BCUT2D eigenvalue weighted by Gasteiger charge is 2.40. The molecule has 4 nitrogen and oxygen atoms in total. The fraction of sp³-hybridized carbons (Fsp3) is 0.571. The van der Waals surface area contributed by atoms with E-state index in [1.165, 1.54) is 18.9 Å². The highest BCUT2D eigenvalue weighted by Crippen LogP contribution is 2.13. The third-order valence-electron chi connectivity index (χ3n) is 1.74. The van der Waals surface area contributed by atoms with Crippen molar-refractivity contribution in [3.63, 3.8) is 0 Å². The van der Waals surface area contributed by atoms with Crippen molar-refractivity contribution in [2.24, 2.45) is 5.92 Å². The molecular weight excluding hydrogens is 146 g/mol. The lowest BCUT2D eigenvalue weighted by atomic mass is 10.0. The van der Waals surface area contributed by atoms with Crippen LogP contribution in [0.1, 0.15) is 6.92 Å². The number of nitrogens with zero attached hydrogens (tertiary/aromatic N) is 1. The summed E-state index contributed by atoms with van der Waals surface area (Å²) in [6.45, 7) is 1.34. The largest absolute Gasteiger partial charge is 0.337 e. The van der Waals surface area contributed by atoms with Gasteiger partial charge in [0.1, 0.15) is 5.78 Å². The van der Waals surface area contributed by atoms with Gasteiger partial charge >= 0.3 is 0 Å². The van der Waals surface area contributed by atoms with Crippen molar-refractivity contribution in [3.8, 4) is 0 Å². The zero-order valence-electron chi connectivity index (χ0n) is 6.46. The first-order valence-electron chi connectivity index (χ1n) is 3.32. The Bertz CT molecular complexity index is 234. The minimum atomic E-state index is -1.01. The number of ketones is 2. The molecule has 0 aromatic heterocycles. The second-order valence-electron chi connectivity index (χ2n) is 2.70. The van der Waals surface area contributed by atoms with Crippen LogP contribution in [-0.4, -0.2) is 36.0 Å². The Labute approximate surface area is 64.2 Å². The number of carbonyl (C=O) groups excluding carboxylic acids is 3. The quantitative estimate of drug-likeness (QED) is 0.467. The van der Waals surface area contributed by atoms with Gasteiger partial charge in [-0.15, -0.1) is 0 Å². The topological polar surface area (TPSA) is 54.5 Å². The van der Waals surface area contributed by atoms with Gasteiger partial charge in [-0.2, -0.15) is 0 Å². The average molecular weight is 155 g/mol.